The number of benzene rings is 1. The average molecular weight is 413 g/mol. The number of fused-ring (bicyclic) bond motifs is 1. The third kappa shape index (κ3) is 5.15. The van der Waals surface area contributed by atoms with Crippen molar-refractivity contribution in [3.63, 3.8) is 0 Å². The first-order chi connectivity index (χ1) is 13.3. The van der Waals surface area contributed by atoms with Crippen LogP contribution in [0.1, 0.15) is 33.1 Å². The fourth-order valence-electron chi connectivity index (χ4n) is 3.35. The Bertz CT molecular complexity index is 810. The van der Waals surface area contributed by atoms with Gasteiger partial charge < -0.3 is 14.7 Å². The Labute approximate surface area is 166 Å². The van der Waals surface area contributed by atoms with Crippen LogP contribution in [0.4, 0.5) is 5.69 Å². The Hall–Kier alpha value is -2.29. The zero-order chi connectivity index (χ0) is 20.9. The van der Waals surface area contributed by atoms with E-state index in [1.807, 2.05) is 13.8 Å². The lowest BCUT2D eigenvalue weighted by Gasteiger charge is -2.36. The molecule has 3 rings (SSSR count). The van der Waals surface area contributed by atoms with Crippen LogP contribution in [0.3, 0.4) is 0 Å². The first-order valence-electron chi connectivity index (χ1n) is 9.49. The number of carboxylic acid groups (broad SMARTS) is 1. The highest BCUT2D eigenvalue weighted by atomic mass is 32.2. The first-order valence-corrected chi connectivity index (χ1v) is 11.3. The summed E-state index contributed by atoms with van der Waals surface area (Å²) < 4.78 is 31.4. The van der Waals surface area contributed by atoms with Gasteiger partial charge in [-0.2, -0.15) is 0 Å². The molecule has 1 N–H and O–H groups in total. The van der Waals surface area contributed by atoms with Gasteiger partial charge in [0.05, 0.1) is 24.4 Å². The van der Waals surface area contributed by atoms with Crippen molar-refractivity contribution < 1.29 is 27.9 Å². The fourth-order valence-corrected chi connectivity index (χ4v) is 4.30. The molecular weight excluding hydrogens is 384 g/mol. The van der Waals surface area contributed by atoms with Gasteiger partial charge in [-0.3, -0.25) is 13.9 Å². The summed E-state index contributed by atoms with van der Waals surface area (Å²) in [6, 6.07) is 6.96. The van der Waals surface area contributed by atoms with E-state index >= 15 is 0 Å². The highest BCUT2D eigenvalue weighted by molar-refractivity contribution is 7.92. The van der Waals surface area contributed by atoms with Gasteiger partial charge in [-0.15, -0.1) is 0 Å². The number of carboxylic acids is 1. The van der Waals surface area contributed by atoms with Gasteiger partial charge in [0.25, 0.3) is 0 Å². The summed E-state index contributed by atoms with van der Waals surface area (Å²) in [5.74, 6) is -1.23. The number of aliphatic carboxylic acids is 1. The van der Waals surface area contributed by atoms with Gasteiger partial charge in [-0.1, -0.05) is 26.0 Å². The molecule has 2 unspecified atom stereocenters. The Balaban J connectivity index is 0.00000136. The van der Waals surface area contributed by atoms with Crippen molar-refractivity contribution in [3.05, 3.63) is 24.3 Å². The molecule has 0 spiro atoms. The van der Waals surface area contributed by atoms with Crippen molar-refractivity contribution >= 4 is 27.6 Å². The molecule has 1 saturated heterocycles. The lowest BCUT2D eigenvalue weighted by molar-refractivity contribution is -0.149. The van der Waals surface area contributed by atoms with E-state index in [0.717, 1.165) is 6.26 Å². The molecule has 2 atom stereocenters. The van der Waals surface area contributed by atoms with Crippen molar-refractivity contribution in [2.24, 2.45) is 5.92 Å². The van der Waals surface area contributed by atoms with E-state index in [1.54, 1.807) is 29.2 Å². The summed E-state index contributed by atoms with van der Waals surface area (Å²) in [7, 11) is -3.44. The number of rotatable bonds is 5. The number of hydrogen-bond acceptors (Lipinski definition) is 5. The maximum atomic E-state index is 12.1. The van der Waals surface area contributed by atoms with Gasteiger partial charge in [-0.05, 0) is 18.6 Å². The normalized spacial score (nSPS) is 21.9. The zero-order valence-electron chi connectivity index (χ0n) is 16.5. The van der Waals surface area contributed by atoms with Crippen LogP contribution in [-0.4, -0.2) is 62.3 Å². The summed E-state index contributed by atoms with van der Waals surface area (Å²) in [5.41, 5.74) is 0.518. The first kappa shape index (κ1) is 22.0. The van der Waals surface area contributed by atoms with Gasteiger partial charge in [-0.25, -0.2) is 8.42 Å². The number of amides is 1. The Kier molecular flexibility index (Phi) is 7.29. The maximum absolute atomic E-state index is 12.1. The van der Waals surface area contributed by atoms with Crippen LogP contribution in [0.25, 0.3) is 0 Å². The van der Waals surface area contributed by atoms with Gasteiger partial charge in [0, 0.05) is 25.9 Å². The summed E-state index contributed by atoms with van der Waals surface area (Å²) in [4.78, 5) is 24.8. The molecule has 28 heavy (non-hydrogen) atoms. The van der Waals surface area contributed by atoms with Crippen LogP contribution >= 0.6 is 0 Å². The maximum Gasteiger partial charge on any atom is 0.307 e. The minimum atomic E-state index is -3.44. The molecular formula is C19H28N2O6S. The number of carbonyl (C=O) groups excluding carboxylic acids is 1. The predicted octanol–water partition coefficient (Wildman–Crippen LogP) is 1.95. The molecule has 0 bridgehead atoms. The van der Waals surface area contributed by atoms with Gasteiger partial charge in [0.2, 0.25) is 15.9 Å². The molecule has 2 aliphatic heterocycles. The van der Waals surface area contributed by atoms with Crippen molar-refractivity contribution in [1.82, 2.24) is 4.90 Å². The summed E-state index contributed by atoms with van der Waals surface area (Å²) in [6.07, 6.45) is 1.71. The Morgan fingerprint density at radius 2 is 1.96 bits per heavy atom. The largest absolute Gasteiger partial charge is 0.486 e. The van der Waals surface area contributed by atoms with Gasteiger partial charge >= 0.3 is 5.97 Å². The summed E-state index contributed by atoms with van der Waals surface area (Å²) in [5, 5.41) is 9.02. The lowest BCUT2D eigenvalue weighted by Crippen LogP contribution is -2.46. The van der Waals surface area contributed by atoms with Crippen molar-refractivity contribution in [2.75, 3.05) is 30.2 Å². The van der Waals surface area contributed by atoms with Crippen LogP contribution in [0.2, 0.25) is 0 Å². The second-order valence-corrected chi connectivity index (χ2v) is 8.61. The van der Waals surface area contributed by atoms with Crippen molar-refractivity contribution in [3.8, 4) is 5.75 Å². The minimum absolute atomic E-state index is 0.0131. The topological polar surface area (TPSA) is 104 Å². The van der Waals surface area contributed by atoms with Crippen LogP contribution in [0.15, 0.2) is 24.3 Å². The molecule has 0 saturated carbocycles. The third-order valence-electron chi connectivity index (χ3n) is 4.79. The van der Waals surface area contributed by atoms with E-state index in [4.69, 9.17) is 9.84 Å². The number of ether oxygens (including phenoxy) is 1. The number of sulfonamides is 1. The predicted molar refractivity (Wildman–Crippen MR) is 106 cm³/mol. The Morgan fingerprint density at radius 3 is 2.57 bits per heavy atom. The highest BCUT2D eigenvalue weighted by Gasteiger charge is 2.33. The summed E-state index contributed by atoms with van der Waals surface area (Å²) >= 11 is 0. The smallest absolute Gasteiger partial charge is 0.307 e. The SMILES string of the molecule is CC.CS(=O)(=O)N1CC(CCN2CCC(C(=O)O)CC2=O)Oc2ccccc21. The summed E-state index contributed by atoms with van der Waals surface area (Å²) in [6.45, 7) is 5.00. The molecule has 1 aromatic carbocycles. The Morgan fingerprint density at radius 1 is 1.29 bits per heavy atom. The molecule has 1 fully saturated rings. The van der Waals surface area contributed by atoms with Crippen molar-refractivity contribution in [2.45, 2.75) is 39.2 Å². The number of carbonyl (C=O) groups is 2. The molecule has 8 nitrogen and oxygen atoms in total. The number of likely N-dealkylation sites (tertiary alicyclic amines) is 1. The quantitative estimate of drug-likeness (QED) is 0.793. The zero-order valence-corrected chi connectivity index (χ0v) is 17.3. The minimum Gasteiger partial charge on any atom is -0.486 e. The molecule has 2 aliphatic rings. The van der Waals surface area contributed by atoms with E-state index in [0.29, 0.717) is 37.4 Å². The molecule has 0 radical (unpaired) electrons. The number of hydrogen-bond donors (Lipinski definition) is 1. The van der Waals surface area contributed by atoms with Crippen LogP contribution < -0.4 is 9.04 Å². The average Bonchev–Trinajstić information content (AvgIpc) is 2.67. The molecule has 156 valence electrons. The molecule has 2 heterocycles. The molecule has 1 aromatic rings. The number of nitrogens with zero attached hydrogens (tertiary/aromatic N) is 2. The van der Waals surface area contributed by atoms with Crippen LogP contribution in [0, 0.1) is 5.92 Å². The lowest BCUT2D eigenvalue weighted by atomic mass is 9.96. The van der Waals surface area contributed by atoms with E-state index in [-0.39, 0.29) is 25.0 Å². The van der Waals surface area contributed by atoms with E-state index in [9.17, 15) is 18.0 Å². The monoisotopic (exact) mass is 412 g/mol. The van der Waals surface area contributed by atoms with Crippen LogP contribution in [0.5, 0.6) is 5.75 Å². The van der Waals surface area contributed by atoms with Gasteiger partial charge in [0.1, 0.15) is 11.9 Å². The van der Waals surface area contributed by atoms with E-state index < -0.39 is 21.9 Å². The second kappa shape index (κ2) is 9.27. The number of para-hydroxylation sites is 2. The van der Waals surface area contributed by atoms with E-state index in [1.165, 1.54) is 4.31 Å². The highest BCUT2D eigenvalue weighted by Crippen LogP contribution is 2.35. The fraction of sp³-hybridized carbons (Fsp3) is 0.579. The molecule has 0 aliphatic carbocycles. The molecule has 1 amide bonds. The van der Waals surface area contributed by atoms with Crippen molar-refractivity contribution in [1.29, 1.82) is 0 Å². The van der Waals surface area contributed by atoms with E-state index in [2.05, 4.69) is 0 Å². The molecule has 0 aromatic heterocycles. The van der Waals surface area contributed by atoms with Crippen LogP contribution in [-0.2, 0) is 19.6 Å². The second-order valence-electron chi connectivity index (χ2n) is 6.70. The van der Waals surface area contributed by atoms with Gasteiger partial charge in [0.15, 0.2) is 0 Å². The number of anilines is 1. The standard InChI is InChI=1S/C17H22N2O6S.C2H6/c1-26(23,24)19-11-13(25-15-5-3-2-4-14(15)19)7-9-18-8-6-12(17(21)22)10-16(18)20;1-2/h2-5,12-13H,6-11H2,1H3,(H,21,22);1-2H3. The third-order valence-corrected chi connectivity index (χ3v) is 5.94. The molecule has 9 heteroatoms. The number of piperidine rings is 1.